The van der Waals surface area contributed by atoms with Gasteiger partial charge in [0.05, 0.1) is 13.1 Å². The van der Waals surface area contributed by atoms with E-state index in [0.717, 1.165) is 4.90 Å². The van der Waals surface area contributed by atoms with Crippen LogP contribution in [0.2, 0.25) is 0 Å². The smallest absolute Gasteiger partial charge is 0.407 e. The van der Waals surface area contributed by atoms with Gasteiger partial charge in [-0.2, -0.15) is 0 Å². The summed E-state index contributed by atoms with van der Waals surface area (Å²) in [4.78, 5) is 11.5. The lowest BCUT2D eigenvalue weighted by molar-refractivity contribution is -0.0407. The number of carbonyl (C=O) groups is 1. The third kappa shape index (κ3) is 2.23. The molecule has 0 aromatic carbocycles. The van der Waals surface area contributed by atoms with Gasteiger partial charge >= 0.3 is 6.09 Å². The largest absolute Gasteiger partial charge is 0.465 e. The number of allylic oxidation sites excluding steroid dienone is 1. The first-order chi connectivity index (χ1) is 5.93. The van der Waals surface area contributed by atoms with Gasteiger partial charge in [0.25, 0.3) is 0 Å². The normalized spacial score (nSPS) is 18.2. The molecule has 0 atom stereocenters. The standard InChI is InChI=1S/C9H11NO3/c1-7(2)3-4-9(13)5-10(6-9)8(11)12/h13H,1,5-6H2,2H3,(H,11,12). The minimum Gasteiger partial charge on any atom is -0.465 e. The molecule has 1 saturated heterocycles. The fraction of sp³-hybridized carbons (Fsp3) is 0.444. The van der Waals surface area contributed by atoms with Crippen molar-refractivity contribution in [2.45, 2.75) is 12.5 Å². The van der Waals surface area contributed by atoms with Crippen molar-refractivity contribution in [3.05, 3.63) is 12.2 Å². The van der Waals surface area contributed by atoms with Crippen molar-refractivity contribution in [3.8, 4) is 11.8 Å². The Balaban J connectivity index is 2.53. The maximum atomic E-state index is 10.4. The third-order valence-corrected chi connectivity index (χ3v) is 1.68. The van der Waals surface area contributed by atoms with Gasteiger partial charge in [0.15, 0.2) is 5.60 Å². The van der Waals surface area contributed by atoms with Crippen LogP contribution in [0.25, 0.3) is 0 Å². The second-order valence-corrected chi connectivity index (χ2v) is 3.20. The van der Waals surface area contributed by atoms with Crippen LogP contribution in [-0.2, 0) is 0 Å². The highest BCUT2D eigenvalue weighted by atomic mass is 16.4. The number of β-amino-alcohol motifs (C(OH)–C–C–N with tert-alkyl or cyclic N) is 1. The number of rotatable bonds is 0. The van der Waals surface area contributed by atoms with E-state index in [4.69, 9.17) is 5.11 Å². The summed E-state index contributed by atoms with van der Waals surface area (Å²) < 4.78 is 0. The second kappa shape index (κ2) is 3.11. The molecular weight excluding hydrogens is 170 g/mol. The number of carboxylic acid groups (broad SMARTS) is 1. The number of hydrogen-bond acceptors (Lipinski definition) is 2. The van der Waals surface area contributed by atoms with Gasteiger partial charge in [-0.15, -0.1) is 0 Å². The Morgan fingerprint density at radius 3 is 2.54 bits per heavy atom. The number of nitrogens with zero attached hydrogens (tertiary/aromatic N) is 1. The molecule has 13 heavy (non-hydrogen) atoms. The summed E-state index contributed by atoms with van der Waals surface area (Å²) in [6.45, 7) is 5.40. The molecule has 0 saturated carbocycles. The average molecular weight is 181 g/mol. The number of amides is 1. The van der Waals surface area contributed by atoms with Crippen molar-refractivity contribution < 1.29 is 15.0 Å². The summed E-state index contributed by atoms with van der Waals surface area (Å²) >= 11 is 0. The number of likely N-dealkylation sites (tertiary alicyclic amines) is 1. The minimum absolute atomic E-state index is 0.0581. The average Bonchev–Trinajstić information content (AvgIpc) is 1.95. The molecule has 0 aliphatic carbocycles. The molecule has 1 rings (SSSR count). The zero-order valence-electron chi connectivity index (χ0n) is 7.37. The Morgan fingerprint density at radius 1 is 1.62 bits per heavy atom. The van der Waals surface area contributed by atoms with E-state index in [1.165, 1.54) is 0 Å². The van der Waals surface area contributed by atoms with Gasteiger partial charge in [0.2, 0.25) is 0 Å². The van der Waals surface area contributed by atoms with E-state index in [1.807, 2.05) is 0 Å². The van der Waals surface area contributed by atoms with Crippen LogP contribution >= 0.6 is 0 Å². The van der Waals surface area contributed by atoms with Crippen LogP contribution in [0.1, 0.15) is 6.92 Å². The summed E-state index contributed by atoms with van der Waals surface area (Å²) in [5, 5.41) is 18.1. The molecule has 4 nitrogen and oxygen atoms in total. The summed E-state index contributed by atoms with van der Waals surface area (Å²) in [5.41, 5.74) is -0.514. The van der Waals surface area contributed by atoms with Gasteiger partial charge in [0, 0.05) is 0 Å². The summed E-state index contributed by atoms with van der Waals surface area (Å²) in [6.07, 6.45) is -1.03. The van der Waals surface area contributed by atoms with E-state index in [9.17, 15) is 9.90 Å². The van der Waals surface area contributed by atoms with Crippen LogP contribution in [0, 0.1) is 11.8 Å². The van der Waals surface area contributed by atoms with E-state index in [2.05, 4.69) is 18.4 Å². The van der Waals surface area contributed by atoms with Crippen molar-refractivity contribution in [1.29, 1.82) is 0 Å². The quantitative estimate of drug-likeness (QED) is 0.528. The maximum absolute atomic E-state index is 10.4. The van der Waals surface area contributed by atoms with Crippen molar-refractivity contribution in [1.82, 2.24) is 4.90 Å². The van der Waals surface area contributed by atoms with Crippen LogP contribution in [0.15, 0.2) is 12.2 Å². The van der Waals surface area contributed by atoms with Crippen LogP contribution in [0.4, 0.5) is 4.79 Å². The molecule has 1 amide bonds. The van der Waals surface area contributed by atoms with Crippen LogP contribution in [-0.4, -0.2) is 39.9 Å². The van der Waals surface area contributed by atoms with Gasteiger partial charge in [-0.25, -0.2) is 4.79 Å². The third-order valence-electron chi connectivity index (χ3n) is 1.68. The second-order valence-electron chi connectivity index (χ2n) is 3.20. The predicted octanol–water partition coefficient (Wildman–Crippen LogP) is 0.291. The molecule has 0 unspecified atom stereocenters. The number of aliphatic hydroxyl groups is 1. The summed E-state index contributed by atoms with van der Waals surface area (Å²) in [5.74, 6) is 5.21. The predicted molar refractivity (Wildman–Crippen MR) is 47.1 cm³/mol. The lowest BCUT2D eigenvalue weighted by Gasteiger charge is -2.41. The molecule has 0 bridgehead atoms. The maximum Gasteiger partial charge on any atom is 0.407 e. The zero-order chi connectivity index (χ0) is 10.1. The molecule has 4 heteroatoms. The van der Waals surface area contributed by atoms with Crippen molar-refractivity contribution in [2.24, 2.45) is 0 Å². The highest BCUT2D eigenvalue weighted by Crippen LogP contribution is 2.19. The van der Waals surface area contributed by atoms with Gasteiger partial charge < -0.3 is 15.1 Å². The molecule has 1 aliphatic heterocycles. The van der Waals surface area contributed by atoms with E-state index >= 15 is 0 Å². The molecule has 2 N–H and O–H groups in total. The Hall–Kier alpha value is -1.47. The van der Waals surface area contributed by atoms with Gasteiger partial charge in [0.1, 0.15) is 0 Å². The molecule has 1 heterocycles. The summed E-state index contributed by atoms with van der Waals surface area (Å²) in [7, 11) is 0. The van der Waals surface area contributed by atoms with E-state index in [-0.39, 0.29) is 13.1 Å². The first-order valence-electron chi connectivity index (χ1n) is 3.82. The minimum atomic E-state index is -1.17. The Kier molecular flexibility index (Phi) is 2.30. The molecule has 0 aromatic rings. The van der Waals surface area contributed by atoms with Gasteiger partial charge in [-0.3, -0.25) is 0 Å². The molecule has 0 aromatic heterocycles. The Morgan fingerprint density at radius 2 is 2.15 bits per heavy atom. The Labute approximate surface area is 76.5 Å². The molecular formula is C9H11NO3. The SMILES string of the molecule is C=C(C)C#CC1(O)CN(C(=O)O)C1. The lowest BCUT2D eigenvalue weighted by atomic mass is 9.95. The fourth-order valence-electron chi connectivity index (χ4n) is 1.02. The molecule has 70 valence electrons. The molecule has 1 fully saturated rings. The van der Waals surface area contributed by atoms with Gasteiger partial charge in [-0.05, 0) is 12.5 Å². The van der Waals surface area contributed by atoms with E-state index in [0.29, 0.717) is 5.57 Å². The van der Waals surface area contributed by atoms with E-state index in [1.54, 1.807) is 6.92 Å². The topological polar surface area (TPSA) is 60.8 Å². The highest BCUT2D eigenvalue weighted by molar-refractivity contribution is 5.67. The molecule has 0 spiro atoms. The van der Waals surface area contributed by atoms with Crippen LogP contribution in [0.3, 0.4) is 0 Å². The summed E-state index contributed by atoms with van der Waals surface area (Å²) in [6, 6.07) is 0. The Bertz CT molecular complexity index is 305. The molecule has 0 radical (unpaired) electrons. The molecule has 1 aliphatic rings. The lowest BCUT2D eigenvalue weighted by Crippen LogP contribution is -2.62. The fourth-order valence-corrected chi connectivity index (χ4v) is 1.02. The van der Waals surface area contributed by atoms with Crippen molar-refractivity contribution in [3.63, 3.8) is 0 Å². The van der Waals surface area contributed by atoms with Crippen molar-refractivity contribution >= 4 is 6.09 Å². The van der Waals surface area contributed by atoms with E-state index < -0.39 is 11.7 Å². The highest BCUT2D eigenvalue weighted by Gasteiger charge is 2.42. The monoisotopic (exact) mass is 181 g/mol. The zero-order valence-corrected chi connectivity index (χ0v) is 7.37. The van der Waals surface area contributed by atoms with Crippen molar-refractivity contribution in [2.75, 3.05) is 13.1 Å². The van der Waals surface area contributed by atoms with Crippen LogP contribution in [0.5, 0.6) is 0 Å². The van der Waals surface area contributed by atoms with Gasteiger partial charge in [-0.1, -0.05) is 18.4 Å². The number of hydrogen-bond donors (Lipinski definition) is 2. The first kappa shape index (κ1) is 9.62. The first-order valence-corrected chi connectivity index (χ1v) is 3.82. The van der Waals surface area contributed by atoms with Crippen LogP contribution < -0.4 is 0 Å².